The first kappa shape index (κ1) is 21.1. The molecule has 3 heterocycles. The molecule has 0 fully saturated rings. The molecule has 3 nitrogen and oxygen atoms in total. The third-order valence-corrected chi connectivity index (χ3v) is 7.65. The van der Waals surface area contributed by atoms with Crippen molar-refractivity contribution >= 4 is 79.6 Å². The minimum Gasteiger partial charge on any atom is -0.310 e. The van der Waals surface area contributed by atoms with Gasteiger partial charge in [0, 0.05) is 51.0 Å². The van der Waals surface area contributed by atoms with Crippen molar-refractivity contribution < 1.29 is 0 Å². The van der Waals surface area contributed by atoms with Crippen molar-refractivity contribution in [1.29, 1.82) is 0 Å². The first-order valence-electron chi connectivity index (χ1n) is 11.7. The Morgan fingerprint density at radius 1 is 0.528 bits per heavy atom. The van der Waals surface area contributed by atoms with Crippen molar-refractivity contribution in [3.8, 4) is 0 Å². The molecule has 7 rings (SSSR count). The first-order chi connectivity index (χ1) is 17.7. The molecular weight excluding hydrogens is 478 g/mol. The minimum absolute atomic E-state index is 0.788. The van der Waals surface area contributed by atoms with E-state index in [0.717, 1.165) is 64.2 Å². The van der Waals surface area contributed by atoms with Crippen LogP contribution in [0.1, 0.15) is 0 Å². The fraction of sp³-hybridized carbons (Fsp3) is 0. The zero-order chi connectivity index (χ0) is 24.2. The molecule has 0 saturated heterocycles. The normalized spacial score (nSPS) is 11.6. The van der Waals surface area contributed by atoms with Gasteiger partial charge in [0.1, 0.15) is 0 Å². The third-order valence-electron chi connectivity index (χ3n) is 6.77. The number of hydrogen-bond donors (Lipinski definition) is 0. The third kappa shape index (κ3) is 3.07. The highest BCUT2D eigenvalue weighted by molar-refractivity contribution is 7.72. The van der Waals surface area contributed by atoms with Crippen LogP contribution in [0, 0.1) is 9.02 Å². The number of anilines is 3. The Hall–Kier alpha value is -4.19. The lowest BCUT2D eigenvalue weighted by Gasteiger charge is -2.26. The van der Waals surface area contributed by atoms with Gasteiger partial charge in [-0.05, 0) is 48.5 Å². The van der Waals surface area contributed by atoms with Crippen LogP contribution in [-0.2, 0) is 0 Å². The minimum atomic E-state index is 0.788. The van der Waals surface area contributed by atoms with E-state index in [1.807, 2.05) is 30.6 Å². The fourth-order valence-corrected chi connectivity index (χ4v) is 5.82. The van der Waals surface area contributed by atoms with E-state index < -0.39 is 0 Å². The van der Waals surface area contributed by atoms with Crippen LogP contribution in [0.5, 0.6) is 0 Å². The summed E-state index contributed by atoms with van der Waals surface area (Å²) in [4.78, 5) is 6.78. The van der Waals surface area contributed by atoms with Crippen molar-refractivity contribution in [2.75, 3.05) is 4.90 Å². The predicted molar refractivity (Wildman–Crippen MR) is 155 cm³/mol. The van der Waals surface area contributed by atoms with Gasteiger partial charge in [-0.3, -0.25) is 4.98 Å². The second kappa shape index (κ2) is 8.19. The number of benzene rings is 4. The van der Waals surface area contributed by atoms with Crippen molar-refractivity contribution in [2.45, 2.75) is 0 Å². The number of pyridine rings is 3. The molecule has 5 heteroatoms. The van der Waals surface area contributed by atoms with Crippen LogP contribution < -0.4 is 4.90 Å². The molecule has 7 aromatic rings. The molecule has 0 radical (unpaired) electrons. The van der Waals surface area contributed by atoms with Gasteiger partial charge in [-0.2, -0.15) is 0 Å². The standard InChI is InChI=1S/C31H19N3S2/c35-30-23-13-7-8-14-27(23)34-28-16-15-22(17-24(28)31(36)26-19-32-18-25(30)29(26)34)33(20-9-3-1-4-10-20)21-11-5-2-6-12-21/h1-19H. The van der Waals surface area contributed by atoms with E-state index in [-0.39, 0.29) is 0 Å². The van der Waals surface area contributed by atoms with Gasteiger partial charge < -0.3 is 9.30 Å². The average Bonchev–Trinajstić information content (AvgIpc) is 2.94. The molecule has 0 spiro atoms. The van der Waals surface area contributed by atoms with Crippen molar-refractivity contribution in [3.05, 3.63) is 125 Å². The van der Waals surface area contributed by atoms with E-state index in [4.69, 9.17) is 24.4 Å². The highest BCUT2D eigenvalue weighted by atomic mass is 32.1. The summed E-state index contributed by atoms with van der Waals surface area (Å²) in [7, 11) is 0. The van der Waals surface area contributed by atoms with Crippen LogP contribution in [-0.4, -0.2) is 9.38 Å². The van der Waals surface area contributed by atoms with Crippen LogP contribution in [0.3, 0.4) is 0 Å². The summed E-state index contributed by atoms with van der Waals surface area (Å²) in [5, 5.41) is 3.94. The van der Waals surface area contributed by atoms with E-state index in [9.17, 15) is 0 Å². The van der Waals surface area contributed by atoms with Gasteiger partial charge in [0.25, 0.3) is 0 Å². The van der Waals surface area contributed by atoms with E-state index in [2.05, 4.69) is 99.2 Å². The SMILES string of the molecule is S=c1c2ccccc2n2c3ccc(N(c4ccccc4)c4ccccc4)cc3c(=S)c3cncc1c32. The molecule has 0 amide bonds. The van der Waals surface area contributed by atoms with E-state index in [1.54, 1.807) is 0 Å². The number of rotatable bonds is 3. The monoisotopic (exact) mass is 497 g/mol. The molecule has 0 atom stereocenters. The van der Waals surface area contributed by atoms with Gasteiger partial charge in [0.2, 0.25) is 0 Å². The quantitative estimate of drug-likeness (QED) is 0.138. The van der Waals surface area contributed by atoms with Crippen molar-refractivity contribution in [2.24, 2.45) is 0 Å². The highest BCUT2D eigenvalue weighted by Crippen LogP contribution is 2.38. The summed E-state index contributed by atoms with van der Waals surface area (Å²) in [5.41, 5.74) is 6.37. The fourth-order valence-electron chi connectivity index (χ4n) is 5.19. The molecule has 0 aliphatic rings. The number of nitrogens with zero attached hydrogens (tertiary/aromatic N) is 3. The van der Waals surface area contributed by atoms with Gasteiger partial charge in [0.15, 0.2) is 0 Å². The number of aromatic nitrogens is 2. The number of fused-ring (bicyclic) bond motifs is 4. The van der Waals surface area contributed by atoms with Gasteiger partial charge in [0.05, 0.1) is 25.6 Å². The van der Waals surface area contributed by atoms with Crippen LogP contribution in [0.25, 0.3) is 38.1 Å². The molecule has 3 aromatic heterocycles. The Kier molecular flexibility index (Phi) is 4.81. The molecule has 0 N–H and O–H groups in total. The summed E-state index contributed by atoms with van der Waals surface area (Å²) in [5.74, 6) is 0. The Bertz CT molecular complexity index is 1990. The Morgan fingerprint density at radius 2 is 1.08 bits per heavy atom. The molecule has 0 saturated carbocycles. The zero-order valence-corrected chi connectivity index (χ0v) is 20.8. The van der Waals surface area contributed by atoms with E-state index in [1.165, 1.54) is 0 Å². The summed E-state index contributed by atoms with van der Waals surface area (Å²) >= 11 is 12.0. The Balaban J connectivity index is 1.62. The molecule has 0 bridgehead atoms. The Morgan fingerprint density at radius 3 is 1.75 bits per heavy atom. The topological polar surface area (TPSA) is 20.5 Å². The molecule has 0 aliphatic carbocycles. The molecule has 170 valence electrons. The zero-order valence-electron chi connectivity index (χ0n) is 19.1. The van der Waals surface area contributed by atoms with Gasteiger partial charge in [-0.1, -0.05) is 79.0 Å². The molecule has 0 aliphatic heterocycles. The van der Waals surface area contributed by atoms with Gasteiger partial charge >= 0.3 is 0 Å². The van der Waals surface area contributed by atoms with Crippen molar-refractivity contribution in [1.82, 2.24) is 9.38 Å². The van der Waals surface area contributed by atoms with Crippen LogP contribution >= 0.6 is 24.4 Å². The largest absolute Gasteiger partial charge is 0.310 e. The van der Waals surface area contributed by atoms with E-state index >= 15 is 0 Å². The summed E-state index contributed by atoms with van der Waals surface area (Å²) in [6, 6.07) is 35.6. The van der Waals surface area contributed by atoms with Gasteiger partial charge in [-0.25, -0.2) is 0 Å². The van der Waals surface area contributed by atoms with E-state index in [0.29, 0.717) is 0 Å². The second-order valence-corrected chi connectivity index (χ2v) is 9.62. The second-order valence-electron chi connectivity index (χ2n) is 8.80. The lowest BCUT2D eigenvalue weighted by Crippen LogP contribution is -2.10. The molecule has 4 aromatic carbocycles. The van der Waals surface area contributed by atoms with Crippen molar-refractivity contribution in [3.63, 3.8) is 0 Å². The number of hydrogen-bond acceptors (Lipinski definition) is 4. The summed E-state index contributed by atoms with van der Waals surface area (Å²) in [6.07, 6.45) is 3.73. The molecule has 36 heavy (non-hydrogen) atoms. The van der Waals surface area contributed by atoms with Crippen LogP contribution in [0.2, 0.25) is 0 Å². The maximum absolute atomic E-state index is 6.09. The maximum Gasteiger partial charge on any atom is 0.0667 e. The smallest absolute Gasteiger partial charge is 0.0667 e. The number of para-hydroxylation sites is 3. The van der Waals surface area contributed by atoms with Crippen LogP contribution in [0.4, 0.5) is 17.1 Å². The average molecular weight is 498 g/mol. The predicted octanol–water partition coefficient (Wildman–Crippen LogP) is 9.16. The summed E-state index contributed by atoms with van der Waals surface area (Å²) in [6.45, 7) is 0. The first-order valence-corrected chi connectivity index (χ1v) is 12.5. The van der Waals surface area contributed by atoms with Crippen LogP contribution in [0.15, 0.2) is 116 Å². The molecular formula is C31H19N3S2. The lowest BCUT2D eigenvalue weighted by atomic mass is 10.0. The Labute approximate surface area is 217 Å². The maximum atomic E-state index is 6.09. The summed E-state index contributed by atoms with van der Waals surface area (Å²) < 4.78 is 3.89. The highest BCUT2D eigenvalue weighted by Gasteiger charge is 2.17. The lowest BCUT2D eigenvalue weighted by molar-refractivity contribution is 1.27. The van der Waals surface area contributed by atoms with Gasteiger partial charge in [-0.15, -0.1) is 0 Å². The molecule has 0 unspecified atom stereocenters.